The second-order valence-electron chi connectivity index (χ2n) is 13.3. The van der Waals surface area contributed by atoms with E-state index >= 15 is 0 Å². The Bertz CT molecular complexity index is 1380. The molecule has 3 fully saturated rings. The van der Waals surface area contributed by atoms with Crippen LogP contribution in [0.4, 0.5) is 4.39 Å². The standard InChI is InChI=1S/C36H47FN4O2/c1-3-41-34(23-31(38-41)20-26-10-5-4-6-11-26)27-14-18-40(19-15-27)25-29-22-32(24-33(29)28-12-9-13-30(37)21-28)39(2)36(35(42)43)16-7-8-17-36/h4-6,9-13,21,23,27,29,32-33H,3,7-8,14-20,22,24-25H2,1-2H3,(H,42,43). The SMILES string of the molecule is CCn1nc(Cc2ccccc2)cc1C1CCN(CC2CC(N(C)C3(C(=O)O)CCCC3)CC2c2cccc(F)c2)CC1. The molecule has 2 aliphatic carbocycles. The molecule has 6 nitrogen and oxygen atoms in total. The van der Waals surface area contributed by atoms with Gasteiger partial charge < -0.3 is 10.0 Å². The summed E-state index contributed by atoms with van der Waals surface area (Å²) in [6, 6.07) is 20.2. The van der Waals surface area contributed by atoms with Crippen molar-refractivity contribution in [3.05, 3.63) is 89.0 Å². The molecule has 230 valence electrons. The van der Waals surface area contributed by atoms with Crippen LogP contribution in [0.3, 0.4) is 0 Å². The van der Waals surface area contributed by atoms with Gasteiger partial charge in [0, 0.05) is 37.2 Å². The highest BCUT2D eigenvalue weighted by Crippen LogP contribution is 2.46. The van der Waals surface area contributed by atoms with Crippen molar-refractivity contribution in [1.82, 2.24) is 19.6 Å². The van der Waals surface area contributed by atoms with Crippen LogP contribution in [0.1, 0.15) is 92.6 Å². The summed E-state index contributed by atoms with van der Waals surface area (Å²) in [5.74, 6) is 0.240. The highest BCUT2D eigenvalue weighted by molar-refractivity contribution is 5.79. The van der Waals surface area contributed by atoms with Gasteiger partial charge in [0.05, 0.1) is 5.69 Å². The van der Waals surface area contributed by atoms with E-state index in [0.717, 1.165) is 95.2 Å². The van der Waals surface area contributed by atoms with E-state index in [9.17, 15) is 14.3 Å². The van der Waals surface area contributed by atoms with Gasteiger partial charge >= 0.3 is 5.97 Å². The number of likely N-dealkylation sites (N-methyl/N-ethyl adjacent to an activating group) is 1. The topological polar surface area (TPSA) is 61.6 Å². The van der Waals surface area contributed by atoms with Crippen molar-refractivity contribution in [3.8, 4) is 0 Å². The van der Waals surface area contributed by atoms with E-state index in [1.165, 1.54) is 17.3 Å². The van der Waals surface area contributed by atoms with Crippen molar-refractivity contribution >= 4 is 5.97 Å². The van der Waals surface area contributed by atoms with Crippen LogP contribution >= 0.6 is 0 Å². The lowest BCUT2D eigenvalue weighted by Crippen LogP contribution is -2.54. The van der Waals surface area contributed by atoms with E-state index in [-0.39, 0.29) is 17.8 Å². The molecule has 0 spiro atoms. The van der Waals surface area contributed by atoms with Crippen LogP contribution in [0, 0.1) is 11.7 Å². The number of likely N-dealkylation sites (tertiary alicyclic amines) is 1. The second-order valence-corrected chi connectivity index (χ2v) is 13.3. The van der Waals surface area contributed by atoms with Crippen molar-refractivity contribution in [2.45, 2.75) is 94.7 Å². The highest BCUT2D eigenvalue weighted by Gasteiger charge is 2.50. The lowest BCUT2D eigenvalue weighted by Gasteiger charge is -2.39. The lowest BCUT2D eigenvalue weighted by molar-refractivity contribution is -0.152. The van der Waals surface area contributed by atoms with Gasteiger partial charge in [-0.1, -0.05) is 55.3 Å². The number of carboxylic acid groups (broad SMARTS) is 1. The quantitative estimate of drug-likeness (QED) is 0.286. The summed E-state index contributed by atoms with van der Waals surface area (Å²) in [6.07, 6.45) is 8.31. The molecule has 0 radical (unpaired) electrons. The van der Waals surface area contributed by atoms with Crippen LogP contribution in [0.5, 0.6) is 0 Å². The van der Waals surface area contributed by atoms with Crippen molar-refractivity contribution in [2.75, 3.05) is 26.7 Å². The van der Waals surface area contributed by atoms with Gasteiger partial charge in [-0.05, 0) is 107 Å². The molecule has 3 atom stereocenters. The number of aryl methyl sites for hydroxylation is 1. The third kappa shape index (κ3) is 6.30. The minimum atomic E-state index is -0.758. The molecule has 1 aliphatic heterocycles. The zero-order chi connectivity index (χ0) is 30.0. The number of benzene rings is 2. The molecule has 1 aromatic heterocycles. The van der Waals surface area contributed by atoms with E-state index in [1.807, 2.05) is 13.1 Å². The fraction of sp³-hybridized carbons (Fsp3) is 0.556. The highest BCUT2D eigenvalue weighted by atomic mass is 19.1. The Hall–Kier alpha value is -3.03. The molecule has 43 heavy (non-hydrogen) atoms. The normalized spacial score (nSPS) is 24.6. The fourth-order valence-corrected chi connectivity index (χ4v) is 8.49. The number of rotatable bonds is 10. The minimum Gasteiger partial charge on any atom is -0.480 e. The zero-order valence-electron chi connectivity index (χ0n) is 25.8. The maximum atomic E-state index is 14.4. The third-order valence-corrected chi connectivity index (χ3v) is 10.9. The van der Waals surface area contributed by atoms with Crippen LogP contribution in [0.2, 0.25) is 0 Å². The predicted octanol–water partition coefficient (Wildman–Crippen LogP) is 6.70. The van der Waals surface area contributed by atoms with Crippen LogP contribution < -0.4 is 0 Å². The first-order valence-electron chi connectivity index (χ1n) is 16.4. The predicted molar refractivity (Wildman–Crippen MR) is 168 cm³/mol. The van der Waals surface area contributed by atoms with Crippen molar-refractivity contribution in [1.29, 1.82) is 0 Å². The largest absolute Gasteiger partial charge is 0.480 e. The Morgan fingerprint density at radius 3 is 2.47 bits per heavy atom. The van der Waals surface area contributed by atoms with Gasteiger partial charge in [-0.25, -0.2) is 4.39 Å². The summed E-state index contributed by atoms with van der Waals surface area (Å²) in [5, 5.41) is 15.2. The molecule has 3 aliphatic rings. The van der Waals surface area contributed by atoms with Gasteiger partial charge in [0.1, 0.15) is 11.4 Å². The summed E-state index contributed by atoms with van der Waals surface area (Å²) in [4.78, 5) is 17.3. The lowest BCUT2D eigenvalue weighted by atomic mass is 9.87. The summed E-state index contributed by atoms with van der Waals surface area (Å²) in [5.41, 5.74) is 4.10. The van der Waals surface area contributed by atoms with Gasteiger partial charge in [-0.15, -0.1) is 0 Å². The molecule has 3 aromatic rings. The minimum absolute atomic E-state index is 0.187. The summed E-state index contributed by atoms with van der Waals surface area (Å²) >= 11 is 0. The number of hydrogen-bond acceptors (Lipinski definition) is 4. The first kappa shape index (κ1) is 30.0. The van der Waals surface area contributed by atoms with Crippen LogP contribution in [-0.2, 0) is 17.8 Å². The Morgan fingerprint density at radius 2 is 1.79 bits per heavy atom. The Kier molecular flexibility index (Phi) is 9.01. The fourth-order valence-electron chi connectivity index (χ4n) is 8.49. The first-order chi connectivity index (χ1) is 20.9. The summed E-state index contributed by atoms with van der Waals surface area (Å²) in [7, 11) is 2.03. The third-order valence-electron chi connectivity index (χ3n) is 10.9. The number of carbonyl (C=O) groups is 1. The Balaban J connectivity index is 1.14. The molecular weight excluding hydrogens is 539 g/mol. The smallest absolute Gasteiger partial charge is 0.324 e. The average molecular weight is 587 g/mol. The van der Waals surface area contributed by atoms with Gasteiger partial charge in [0.15, 0.2) is 0 Å². The van der Waals surface area contributed by atoms with E-state index in [4.69, 9.17) is 5.10 Å². The van der Waals surface area contributed by atoms with Crippen molar-refractivity contribution in [3.63, 3.8) is 0 Å². The van der Waals surface area contributed by atoms with Crippen LogP contribution in [-0.4, -0.2) is 68.9 Å². The van der Waals surface area contributed by atoms with E-state index in [2.05, 4.69) is 63.9 Å². The van der Waals surface area contributed by atoms with Crippen molar-refractivity contribution < 1.29 is 14.3 Å². The molecule has 2 heterocycles. The van der Waals surface area contributed by atoms with Gasteiger partial charge in [0.2, 0.25) is 0 Å². The first-order valence-corrected chi connectivity index (χ1v) is 16.4. The summed E-state index contributed by atoms with van der Waals surface area (Å²) < 4.78 is 16.6. The van der Waals surface area contributed by atoms with E-state index in [1.54, 1.807) is 6.07 Å². The molecule has 1 N–H and O–H groups in total. The number of nitrogens with zero attached hydrogens (tertiary/aromatic N) is 4. The van der Waals surface area contributed by atoms with E-state index < -0.39 is 11.5 Å². The van der Waals surface area contributed by atoms with Gasteiger partial charge in [-0.3, -0.25) is 14.4 Å². The molecule has 0 amide bonds. The molecule has 7 heteroatoms. The average Bonchev–Trinajstić information content (AvgIpc) is 3.77. The molecular formula is C36H47FN4O2. The van der Waals surface area contributed by atoms with Gasteiger partial charge in [-0.2, -0.15) is 5.10 Å². The summed E-state index contributed by atoms with van der Waals surface area (Å²) in [6.45, 7) is 6.12. The number of carboxylic acids is 1. The van der Waals surface area contributed by atoms with Crippen LogP contribution in [0.25, 0.3) is 0 Å². The molecule has 6 rings (SSSR count). The number of hydrogen-bond donors (Lipinski definition) is 1. The molecule has 2 aromatic carbocycles. The zero-order valence-corrected chi connectivity index (χ0v) is 25.8. The van der Waals surface area contributed by atoms with Gasteiger partial charge in [0.25, 0.3) is 0 Å². The molecule has 3 unspecified atom stereocenters. The maximum absolute atomic E-state index is 14.4. The Morgan fingerprint density at radius 1 is 1.05 bits per heavy atom. The van der Waals surface area contributed by atoms with Crippen molar-refractivity contribution in [2.24, 2.45) is 5.92 Å². The number of halogens is 1. The van der Waals surface area contributed by atoms with E-state index in [0.29, 0.717) is 11.8 Å². The number of aromatic nitrogens is 2. The monoisotopic (exact) mass is 586 g/mol. The van der Waals surface area contributed by atoms with Crippen LogP contribution in [0.15, 0.2) is 60.7 Å². The Labute approximate surface area is 255 Å². The molecule has 1 saturated heterocycles. The number of piperidine rings is 1. The molecule has 0 bridgehead atoms. The second kappa shape index (κ2) is 12.9. The maximum Gasteiger partial charge on any atom is 0.324 e. The molecule has 2 saturated carbocycles. The number of aliphatic carboxylic acids is 1.